The Bertz CT molecular complexity index is 764. The highest BCUT2D eigenvalue weighted by Gasteiger charge is 2.19. The number of thiazole rings is 1. The summed E-state index contributed by atoms with van der Waals surface area (Å²) < 4.78 is 5.26. The Labute approximate surface area is 150 Å². The van der Waals surface area contributed by atoms with E-state index in [-0.39, 0.29) is 11.8 Å². The molecule has 7 heteroatoms. The SMILES string of the molecule is CCc1nc(NC(=O)c2ccc(C(=O)N3CCOCC3)cc2)sc1C. The van der Waals surface area contributed by atoms with Crippen LogP contribution in [0.4, 0.5) is 5.13 Å². The predicted molar refractivity (Wildman–Crippen MR) is 97.3 cm³/mol. The van der Waals surface area contributed by atoms with Crippen LogP contribution in [-0.2, 0) is 11.2 Å². The molecule has 0 unspecified atom stereocenters. The van der Waals surface area contributed by atoms with Gasteiger partial charge in [0, 0.05) is 29.1 Å². The lowest BCUT2D eigenvalue weighted by Crippen LogP contribution is -2.40. The summed E-state index contributed by atoms with van der Waals surface area (Å²) in [5, 5.41) is 3.43. The molecule has 1 aliphatic heterocycles. The highest BCUT2D eigenvalue weighted by Crippen LogP contribution is 2.23. The minimum Gasteiger partial charge on any atom is -0.378 e. The number of aromatic nitrogens is 1. The molecule has 3 rings (SSSR count). The number of hydrogen-bond acceptors (Lipinski definition) is 5. The van der Waals surface area contributed by atoms with Gasteiger partial charge in [-0.15, -0.1) is 11.3 Å². The quantitative estimate of drug-likeness (QED) is 0.911. The van der Waals surface area contributed by atoms with Gasteiger partial charge in [-0.3, -0.25) is 14.9 Å². The fraction of sp³-hybridized carbons (Fsp3) is 0.389. The zero-order chi connectivity index (χ0) is 17.8. The number of nitrogens with zero attached hydrogens (tertiary/aromatic N) is 2. The van der Waals surface area contributed by atoms with Crippen molar-refractivity contribution in [3.05, 3.63) is 46.0 Å². The molecular formula is C18H21N3O3S. The summed E-state index contributed by atoms with van der Waals surface area (Å²) in [6, 6.07) is 6.73. The molecule has 0 saturated carbocycles. The van der Waals surface area contributed by atoms with Crippen LogP contribution in [0, 0.1) is 6.92 Å². The molecule has 0 bridgehead atoms. The van der Waals surface area contributed by atoms with Gasteiger partial charge in [-0.05, 0) is 37.6 Å². The summed E-state index contributed by atoms with van der Waals surface area (Å²) in [7, 11) is 0. The van der Waals surface area contributed by atoms with E-state index >= 15 is 0 Å². The minimum atomic E-state index is -0.221. The molecule has 2 amide bonds. The number of aryl methyl sites for hydroxylation is 2. The van der Waals surface area contributed by atoms with Crippen LogP contribution in [0.25, 0.3) is 0 Å². The molecule has 0 radical (unpaired) electrons. The van der Waals surface area contributed by atoms with E-state index in [9.17, 15) is 9.59 Å². The molecule has 25 heavy (non-hydrogen) atoms. The third kappa shape index (κ3) is 4.05. The molecule has 1 aromatic carbocycles. The summed E-state index contributed by atoms with van der Waals surface area (Å²) in [4.78, 5) is 32.1. The molecule has 2 heterocycles. The number of benzene rings is 1. The lowest BCUT2D eigenvalue weighted by Gasteiger charge is -2.26. The Morgan fingerprint density at radius 1 is 1.20 bits per heavy atom. The third-order valence-electron chi connectivity index (χ3n) is 4.14. The van der Waals surface area contributed by atoms with Crippen LogP contribution >= 0.6 is 11.3 Å². The fourth-order valence-electron chi connectivity index (χ4n) is 2.69. The number of hydrogen-bond donors (Lipinski definition) is 1. The van der Waals surface area contributed by atoms with Crippen molar-refractivity contribution in [2.24, 2.45) is 0 Å². The first kappa shape index (κ1) is 17.6. The number of nitrogens with one attached hydrogen (secondary N) is 1. The number of ether oxygens (including phenoxy) is 1. The zero-order valence-electron chi connectivity index (χ0n) is 14.4. The number of carbonyl (C=O) groups excluding carboxylic acids is 2. The van der Waals surface area contributed by atoms with Gasteiger partial charge in [0.1, 0.15) is 0 Å². The van der Waals surface area contributed by atoms with Gasteiger partial charge in [0.05, 0.1) is 18.9 Å². The molecule has 1 fully saturated rings. The third-order valence-corrected chi connectivity index (χ3v) is 5.07. The molecule has 132 valence electrons. The van der Waals surface area contributed by atoms with Gasteiger partial charge in [0.2, 0.25) is 0 Å². The van der Waals surface area contributed by atoms with Crippen LogP contribution in [0.2, 0.25) is 0 Å². The summed E-state index contributed by atoms with van der Waals surface area (Å²) in [5.74, 6) is -0.250. The average molecular weight is 359 g/mol. The number of amides is 2. The Morgan fingerprint density at radius 3 is 2.44 bits per heavy atom. The van der Waals surface area contributed by atoms with Gasteiger partial charge < -0.3 is 9.64 Å². The van der Waals surface area contributed by atoms with E-state index in [1.807, 2.05) is 13.8 Å². The second kappa shape index (κ2) is 7.76. The monoisotopic (exact) mass is 359 g/mol. The van der Waals surface area contributed by atoms with Crippen molar-refractivity contribution in [2.75, 3.05) is 31.6 Å². The van der Waals surface area contributed by atoms with Crippen LogP contribution < -0.4 is 5.32 Å². The highest BCUT2D eigenvalue weighted by atomic mass is 32.1. The van der Waals surface area contributed by atoms with E-state index in [1.165, 1.54) is 11.3 Å². The molecule has 1 saturated heterocycles. The first-order chi connectivity index (χ1) is 12.1. The topological polar surface area (TPSA) is 71.5 Å². The van der Waals surface area contributed by atoms with Crippen molar-refractivity contribution < 1.29 is 14.3 Å². The van der Waals surface area contributed by atoms with Crippen LogP contribution in [-0.4, -0.2) is 48.0 Å². The van der Waals surface area contributed by atoms with Crippen molar-refractivity contribution in [3.8, 4) is 0 Å². The van der Waals surface area contributed by atoms with E-state index < -0.39 is 0 Å². The van der Waals surface area contributed by atoms with Crippen molar-refractivity contribution in [1.82, 2.24) is 9.88 Å². The molecule has 0 atom stereocenters. The Hall–Kier alpha value is -2.25. The highest BCUT2D eigenvalue weighted by molar-refractivity contribution is 7.15. The van der Waals surface area contributed by atoms with Gasteiger partial charge >= 0.3 is 0 Å². The molecule has 6 nitrogen and oxygen atoms in total. The van der Waals surface area contributed by atoms with E-state index in [2.05, 4.69) is 10.3 Å². The zero-order valence-corrected chi connectivity index (χ0v) is 15.2. The molecule has 0 spiro atoms. The molecule has 1 aromatic heterocycles. The van der Waals surface area contributed by atoms with Crippen molar-refractivity contribution in [1.29, 1.82) is 0 Å². The maximum absolute atomic E-state index is 12.4. The van der Waals surface area contributed by atoms with Gasteiger partial charge in [0.15, 0.2) is 5.13 Å². The van der Waals surface area contributed by atoms with Crippen LogP contribution in [0.15, 0.2) is 24.3 Å². The molecule has 1 N–H and O–H groups in total. The lowest BCUT2D eigenvalue weighted by molar-refractivity contribution is 0.0303. The largest absolute Gasteiger partial charge is 0.378 e. The predicted octanol–water partition coefficient (Wildman–Crippen LogP) is 2.74. The first-order valence-corrected chi connectivity index (χ1v) is 9.15. The molecule has 0 aliphatic carbocycles. The Morgan fingerprint density at radius 2 is 1.84 bits per heavy atom. The van der Waals surface area contributed by atoms with Gasteiger partial charge in [-0.1, -0.05) is 6.92 Å². The maximum atomic E-state index is 12.4. The van der Waals surface area contributed by atoms with E-state index in [4.69, 9.17) is 4.74 Å². The summed E-state index contributed by atoms with van der Waals surface area (Å²) >= 11 is 1.47. The van der Waals surface area contributed by atoms with Crippen molar-refractivity contribution in [2.45, 2.75) is 20.3 Å². The maximum Gasteiger partial charge on any atom is 0.257 e. The Kier molecular flexibility index (Phi) is 5.45. The molecule has 2 aromatic rings. The van der Waals surface area contributed by atoms with Crippen molar-refractivity contribution in [3.63, 3.8) is 0 Å². The number of anilines is 1. The minimum absolute atomic E-state index is 0.0293. The van der Waals surface area contributed by atoms with Gasteiger partial charge in [-0.25, -0.2) is 4.98 Å². The first-order valence-electron chi connectivity index (χ1n) is 8.33. The van der Waals surface area contributed by atoms with Crippen LogP contribution in [0.5, 0.6) is 0 Å². The van der Waals surface area contributed by atoms with Crippen LogP contribution in [0.3, 0.4) is 0 Å². The summed E-state index contributed by atoms with van der Waals surface area (Å²) in [6.45, 7) is 6.38. The average Bonchev–Trinajstić information content (AvgIpc) is 3.01. The molecular weight excluding hydrogens is 338 g/mol. The second-order valence-corrected chi connectivity index (χ2v) is 7.01. The van der Waals surface area contributed by atoms with Crippen molar-refractivity contribution >= 4 is 28.3 Å². The summed E-state index contributed by atoms with van der Waals surface area (Å²) in [6.07, 6.45) is 0.844. The Balaban J connectivity index is 1.66. The smallest absolute Gasteiger partial charge is 0.257 e. The fourth-order valence-corrected chi connectivity index (χ4v) is 3.59. The van der Waals surface area contributed by atoms with E-state index in [1.54, 1.807) is 29.2 Å². The normalized spacial score (nSPS) is 14.4. The lowest BCUT2D eigenvalue weighted by atomic mass is 10.1. The van der Waals surface area contributed by atoms with E-state index in [0.29, 0.717) is 42.6 Å². The number of morpholine rings is 1. The standard InChI is InChI=1S/C18H21N3O3S/c1-3-15-12(2)25-18(19-15)20-16(22)13-4-6-14(7-5-13)17(23)21-8-10-24-11-9-21/h4-7H,3,8-11H2,1-2H3,(H,19,20,22). The van der Waals surface area contributed by atoms with Gasteiger partial charge in [0.25, 0.3) is 11.8 Å². The number of carbonyl (C=O) groups is 2. The molecule has 1 aliphatic rings. The van der Waals surface area contributed by atoms with Crippen LogP contribution in [0.1, 0.15) is 38.2 Å². The van der Waals surface area contributed by atoms with Gasteiger partial charge in [-0.2, -0.15) is 0 Å². The van der Waals surface area contributed by atoms with E-state index in [0.717, 1.165) is 17.0 Å². The summed E-state index contributed by atoms with van der Waals surface area (Å²) in [5.41, 5.74) is 2.09. The second-order valence-electron chi connectivity index (χ2n) is 5.81. The number of rotatable bonds is 4.